The van der Waals surface area contributed by atoms with Gasteiger partial charge in [0.2, 0.25) is 0 Å². The molecule has 1 N–H and O–H groups in total. The number of hydrogen-bond acceptors (Lipinski definition) is 2. The summed E-state index contributed by atoms with van der Waals surface area (Å²) in [6.07, 6.45) is 1.51. The monoisotopic (exact) mass is 279 g/mol. The van der Waals surface area contributed by atoms with Crippen LogP contribution in [-0.4, -0.2) is 11.7 Å². The summed E-state index contributed by atoms with van der Waals surface area (Å²) < 4.78 is 0. The quantitative estimate of drug-likeness (QED) is 0.911. The smallest absolute Gasteiger partial charge is 0.255 e. The number of Topliss-reactive ketones (excluding diaryl/α,β-unsaturated/α-hetero) is 1. The normalized spacial score (nSPS) is 17.2. The highest BCUT2D eigenvalue weighted by molar-refractivity contribution is 6.05. The number of nitrogens with one attached hydrogen (secondary N) is 1. The van der Waals surface area contributed by atoms with Gasteiger partial charge in [-0.3, -0.25) is 9.59 Å². The lowest BCUT2D eigenvalue weighted by Gasteiger charge is -2.21. The number of rotatable bonds is 2. The Hall–Kier alpha value is -2.42. The first-order valence-corrected chi connectivity index (χ1v) is 7.16. The van der Waals surface area contributed by atoms with Crippen LogP contribution in [-0.2, 0) is 6.42 Å². The SMILES string of the molecule is CC1CC(=O)c2cc(NC(=O)c3ccccc3)ccc2C1. The maximum atomic E-state index is 12.1. The molecular weight excluding hydrogens is 262 g/mol. The van der Waals surface area contributed by atoms with E-state index in [0.717, 1.165) is 17.5 Å². The summed E-state index contributed by atoms with van der Waals surface area (Å²) in [4.78, 5) is 24.2. The Morgan fingerprint density at radius 2 is 1.86 bits per heavy atom. The van der Waals surface area contributed by atoms with Crippen molar-refractivity contribution in [3.63, 3.8) is 0 Å². The molecule has 0 bridgehead atoms. The van der Waals surface area contributed by atoms with Crippen LogP contribution in [0, 0.1) is 5.92 Å². The number of anilines is 1. The fraction of sp³-hybridized carbons (Fsp3) is 0.222. The Kier molecular flexibility index (Phi) is 3.57. The minimum Gasteiger partial charge on any atom is -0.322 e. The summed E-state index contributed by atoms with van der Waals surface area (Å²) in [5.74, 6) is 0.404. The first-order valence-electron chi connectivity index (χ1n) is 7.16. The molecule has 1 unspecified atom stereocenters. The van der Waals surface area contributed by atoms with Crippen LogP contribution in [0.5, 0.6) is 0 Å². The van der Waals surface area contributed by atoms with Crippen molar-refractivity contribution in [1.29, 1.82) is 0 Å². The summed E-state index contributed by atoms with van der Waals surface area (Å²) in [6.45, 7) is 2.09. The van der Waals surface area contributed by atoms with E-state index in [1.165, 1.54) is 0 Å². The number of fused-ring (bicyclic) bond motifs is 1. The summed E-state index contributed by atoms with van der Waals surface area (Å²) in [5.41, 5.74) is 3.11. The van der Waals surface area contributed by atoms with E-state index in [-0.39, 0.29) is 11.7 Å². The van der Waals surface area contributed by atoms with Crippen LogP contribution in [0.3, 0.4) is 0 Å². The van der Waals surface area contributed by atoms with Crippen LogP contribution in [0.25, 0.3) is 0 Å². The van der Waals surface area contributed by atoms with Crippen molar-refractivity contribution >= 4 is 17.4 Å². The van der Waals surface area contributed by atoms with E-state index < -0.39 is 0 Å². The minimum absolute atomic E-state index is 0.160. The molecule has 2 aromatic carbocycles. The molecule has 1 aliphatic rings. The number of benzene rings is 2. The maximum Gasteiger partial charge on any atom is 0.255 e. The Bertz CT molecular complexity index is 692. The van der Waals surface area contributed by atoms with Crippen molar-refractivity contribution in [2.24, 2.45) is 5.92 Å². The lowest BCUT2D eigenvalue weighted by atomic mass is 9.84. The van der Waals surface area contributed by atoms with Crippen molar-refractivity contribution in [1.82, 2.24) is 0 Å². The molecule has 3 heteroatoms. The van der Waals surface area contributed by atoms with E-state index in [1.54, 1.807) is 18.2 Å². The molecule has 0 fully saturated rings. The third kappa shape index (κ3) is 2.87. The Morgan fingerprint density at radius 3 is 2.62 bits per heavy atom. The van der Waals surface area contributed by atoms with Gasteiger partial charge in [-0.15, -0.1) is 0 Å². The summed E-state index contributed by atoms with van der Waals surface area (Å²) in [5, 5.41) is 2.85. The summed E-state index contributed by atoms with van der Waals surface area (Å²) in [7, 11) is 0. The van der Waals surface area contributed by atoms with Crippen LogP contribution >= 0.6 is 0 Å². The molecule has 3 rings (SSSR count). The van der Waals surface area contributed by atoms with E-state index in [0.29, 0.717) is 23.6 Å². The van der Waals surface area contributed by atoms with Crippen molar-refractivity contribution in [3.05, 3.63) is 65.2 Å². The van der Waals surface area contributed by atoms with Crippen molar-refractivity contribution in [2.45, 2.75) is 19.8 Å². The molecule has 0 aromatic heterocycles. The van der Waals surface area contributed by atoms with Crippen LogP contribution in [0.2, 0.25) is 0 Å². The van der Waals surface area contributed by atoms with Crippen LogP contribution in [0.15, 0.2) is 48.5 Å². The van der Waals surface area contributed by atoms with Gasteiger partial charge in [-0.1, -0.05) is 31.2 Å². The second-order valence-electron chi connectivity index (χ2n) is 5.63. The molecule has 0 saturated heterocycles. The highest BCUT2D eigenvalue weighted by Crippen LogP contribution is 2.27. The van der Waals surface area contributed by atoms with Gasteiger partial charge in [-0.25, -0.2) is 0 Å². The van der Waals surface area contributed by atoms with E-state index in [1.807, 2.05) is 30.3 Å². The summed E-state index contributed by atoms with van der Waals surface area (Å²) >= 11 is 0. The molecule has 0 spiro atoms. The number of amides is 1. The lowest BCUT2D eigenvalue weighted by molar-refractivity contribution is 0.0952. The van der Waals surface area contributed by atoms with E-state index >= 15 is 0 Å². The molecule has 2 aromatic rings. The van der Waals surface area contributed by atoms with Gasteiger partial charge >= 0.3 is 0 Å². The Balaban J connectivity index is 1.83. The van der Waals surface area contributed by atoms with Crippen molar-refractivity contribution in [3.8, 4) is 0 Å². The number of ketones is 1. The zero-order valence-corrected chi connectivity index (χ0v) is 11.9. The van der Waals surface area contributed by atoms with E-state index in [9.17, 15) is 9.59 Å². The molecule has 0 radical (unpaired) electrons. The van der Waals surface area contributed by atoms with Gasteiger partial charge in [0.25, 0.3) is 5.91 Å². The van der Waals surface area contributed by atoms with Gasteiger partial charge in [0.05, 0.1) is 0 Å². The topological polar surface area (TPSA) is 46.2 Å². The lowest BCUT2D eigenvalue weighted by Crippen LogP contribution is -2.19. The molecule has 1 aliphatic carbocycles. The molecule has 1 atom stereocenters. The Labute approximate surface area is 124 Å². The molecule has 0 heterocycles. The highest BCUT2D eigenvalue weighted by atomic mass is 16.1. The average Bonchev–Trinajstić information content (AvgIpc) is 2.48. The zero-order chi connectivity index (χ0) is 14.8. The number of carbonyl (C=O) groups is 2. The zero-order valence-electron chi connectivity index (χ0n) is 11.9. The van der Waals surface area contributed by atoms with E-state index in [4.69, 9.17) is 0 Å². The first-order chi connectivity index (χ1) is 10.1. The fourth-order valence-corrected chi connectivity index (χ4v) is 2.76. The molecule has 0 aliphatic heterocycles. The van der Waals surface area contributed by atoms with Gasteiger partial charge in [-0.2, -0.15) is 0 Å². The molecule has 21 heavy (non-hydrogen) atoms. The fourth-order valence-electron chi connectivity index (χ4n) is 2.76. The van der Waals surface area contributed by atoms with Gasteiger partial charge < -0.3 is 5.32 Å². The molecule has 0 saturated carbocycles. The molecule has 3 nitrogen and oxygen atoms in total. The standard InChI is InChI=1S/C18H17NO2/c1-12-9-14-7-8-15(11-16(14)17(20)10-12)19-18(21)13-5-3-2-4-6-13/h2-8,11-12H,9-10H2,1H3,(H,19,21). The van der Waals surface area contributed by atoms with Gasteiger partial charge in [-0.05, 0) is 42.2 Å². The van der Waals surface area contributed by atoms with E-state index in [2.05, 4.69) is 12.2 Å². The van der Waals surface area contributed by atoms with Gasteiger partial charge in [0, 0.05) is 23.2 Å². The Morgan fingerprint density at radius 1 is 1.10 bits per heavy atom. The van der Waals surface area contributed by atoms with Crippen LogP contribution < -0.4 is 5.32 Å². The van der Waals surface area contributed by atoms with Crippen molar-refractivity contribution < 1.29 is 9.59 Å². The third-order valence-corrected chi connectivity index (χ3v) is 3.81. The highest BCUT2D eigenvalue weighted by Gasteiger charge is 2.22. The maximum absolute atomic E-state index is 12.1. The van der Waals surface area contributed by atoms with Crippen molar-refractivity contribution in [2.75, 3.05) is 5.32 Å². The molecular formula is C18H17NO2. The molecule has 1 amide bonds. The largest absolute Gasteiger partial charge is 0.322 e. The predicted octanol–water partition coefficient (Wildman–Crippen LogP) is 3.70. The van der Waals surface area contributed by atoms with Crippen LogP contribution in [0.4, 0.5) is 5.69 Å². The average molecular weight is 279 g/mol. The second-order valence-corrected chi connectivity index (χ2v) is 5.63. The number of hydrogen-bond donors (Lipinski definition) is 1. The first kappa shape index (κ1) is 13.6. The second kappa shape index (κ2) is 5.52. The van der Waals surface area contributed by atoms with Crippen LogP contribution in [0.1, 0.15) is 39.6 Å². The molecule has 106 valence electrons. The van der Waals surface area contributed by atoms with Gasteiger partial charge in [0.15, 0.2) is 5.78 Å². The number of carbonyl (C=O) groups excluding carboxylic acids is 2. The summed E-state index contributed by atoms with van der Waals surface area (Å²) in [6, 6.07) is 14.7. The minimum atomic E-state index is -0.160. The van der Waals surface area contributed by atoms with Gasteiger partial charge in [0.1, 0.15) is 0 Å². The predicted molar refractivity (Wildman–Crippen MR) is 82.7 cm³/mol. The third-order valence-electron chi connectivity index (χ3n) is 3.81.